The number of carbonyl (C=O) groups is 1. The molecule has 0 aromatic heterocycles. The molecule has 3 heterocycles. The molecule has 4 rings (SSSR count). The predicted molar refractivity (Wildman–Crippen MR) is 93.5 cm³/mol. The van der Waals surface area contributed by atoms with Crippen LogP contribution in [0.3, 0.4) is 0 Å². The highest BCUT2D eigenvalue weighted by atomic mass is 16.5. The zero-order chi connectivity index (χ0) is 16.5. The lowest BCUT2D eigenvalue weighted by Gasteiger charge is -2.39. The van der Waals surface area contributed by atoms with Gasteiger partial charge in [0.1, 0.15) is 0 Å². The summed E-state index contributed by atoms with van der Waals surface area (Å²) in [6.45, 7) is 3.10. The molecule has 0 aliphatic carbocycles. The van der Waals surface area contributed by atoms with Gasteiger partial charge in [-0.15, -0.1) is 0 Å². The quantitative estimate of drug-likeness (QED) is 0.852. The van der Waals surface area contributed by atoms with E-state index in [4.69, 9.17) is 4.74 Å². The lowest BCUT2D eigenvalue weighted by Crippen LogP contribution is -2.50. The molecule has 1 aromatic rings. The maximum absolute atomic E-state index is 12.9. The first-order valence-electron chi connectivity index (χ1n) is 9.39. The number of likely N-dealkylation sites (N-methyl/N-ethyl adjacent to an activating group) is 1. The van der Waals surface area contributed by atoms with Crippen molar-refractivity contribution in [1.82, 2.24) is 9.80 Å². The first kappa shape index (κ1) is 16.1. The van der Waals surface area contributed by atoms with Gasteiger partial charge in [-0.3, -0.25) is 9.69 Å². The average molecular weight is 328 g/mol. The molecular formula is C20H28N2O2. The van der Waals surface area contributed by atoms with E-state index in [9.17, 15) is 4.79 Å². The van der Waals surface area contributed by atoms with Gasteiger partial charge in [0.2, 0.25) is 5.91 Å². The minimum absolute atomic E-state index is 0.109. The van der Waals surface area contributed by atoms with Gasteiger partial charge in [-0.2, -0.15) is 0 Å². The van der Waals surface area contributed by atoms with Gasteiger partial charge >= 0.3 is 0 Å². The molecular weight excluding hydrogens is 300 g/mol. The summed E-state index contributed by atoms with van der Waals surface area (Å²) >= 11 is 0. The maximum Gasteiger partial charge on any atom is 0.228 e. The SMILES string of the molecule is CN(C(=O)[C@@H]1C[C@H]2CC[C@H]1O2)[C@@H]1CCCN(Cc2ccccc2)C1. The highest BCUT2D eigenvalue weighted by Crippen LogP contribution is 2.39. The zero-order valence-electron chi connectivity index (χ0n) is 14.6. The Hall–Kier alpha value is -1.39. The van der Waals surface area contributed by atoms with Crippen molar-refractivity contribution >= 4 is 5.91 Å². The summed E-state index contributed by atoms with van der Waals surface area (Å²) in [5, 5.41) is 0. The van der Waals surface area contributed by atoms with Gasteiger partial charge in [-0.25, -0.2) is 0 Å². The Morgan fingerprint density at radius 2 is 2.08 bits per heavy atom. The van der Waals surface area contributed by atoms with Crippen LogP contribution in [0.15, 0.2) is 30.3 Å². The van der Waals surface area contributed by atoms with Crippen LogP contribution in [0.1, 0.15) is 37.7 Å². The van der Waals surface area contributed by atoms with Crippen LogP contribution >= 0.6 is 0 Å². The molecule has 4 atom stereocenters. The Balaban J connectivity index is 1.36. The van der Waals surface area contributed by atoms with E-state index in [0.29, 0.717) is 18.1 Å². The van der Waals surface area contributed by atoms with Crippen molar-refractivity contribution in [2.45, 2.75) is 56.9 Å². The summed E-state index contributed by atoms with van der Waals surface area (Å²) < 4.78 is 5.89. The minimum atomic E-state index is 0.109. The summed E-state index contributed by atoms with van der Waals surface area (Å²) in [5.74, 6) is 0.423. The van der Waals surface area contributed by atoms with Gasteiger partial charge in [-0.05, 0) is 44.2 Å². The fraction of sp³-hybridized carbons (Fsp3) is 0.650. The van der Waals surface area contributed by atoms with Gasteiger partial charge in [0.05, 0.1) is 18.1 Å². The standard InChI is InChI=1S/C20H28N2O2/c1-21(20(23)18-12-17-9-10-19(18)24-17)16-8-5-11-22(14-16)13-15-6-3-2-4-7-15/h2-4,6-7,16-19H,5,8-14H2,1H3/t16-,17-,18-,19-/m1/s1. The molecule has 24 heavy (non-hydrogen) atoms. The van der Waals surface area contributed by atoms with Crippen LogP contribution in [0.2, 0.25) is 0 Å². The van der Waals surface area contributed by atoms with E-state index in [-0.39, 0.29) is 12.0 Å². The molecule has 3 aliphatic heterocycles. The highest BCUT2D eigenvalue weighted by Gasteiger charge is 2.46. The van der Waals surface area contributed by atoms with E-state index >= 15 is 0 Å². The van der Waals surface area contributed by atoms with Gasteiger partial charge in [0, 0.05) is 26.2 Å². The first-order chi connectivity index (χ1) is 11.7. The second-order valence-corrected chi connectivity index (χ2v) is 7.68. The summed E-state index contributed by atoms with van der Waals surface area (Å²) in [6.07, 6.45) is 5.98. The van der Waals surface area contributed by atoms with Crippen LogP contribution in [-0.4, -0.2) is 54.1 Å². The molecule has 0 N–H and O–H groups in total. The van der Waals surface area contributed by atoms with Crippen LogP contribution in [0.25, 0.3) is 0 Å². The minimum Gasteiger partial charge on any atom is -0.374 e. The molecule has 1 aromatic carbocycles. The first-order valence-corrected chi connectivity index (χ1v) is 9.39. The van der Waals surface area contributed by atoms with E-state index in [1.54, 1.807) is 0 Å². The molecule has 0 radical (unpaired) electrons. The molecule has 2 bridgehead atoms. The van der Waals surface area contributed by atoms with Crippen molar-refractivity contribution in [3.8, 4) is 0 Å². The third-order valence-electron chi connectivity index (χ3n) is 6.05. The van der Waals surface area contributed by atoms with Crippen molar-refractivity contribution < 1.29 is 9.53 Å². The van der Waals surface area contributed by atoms with E-state index in [2.05, 4.69) is 35.2 Å². The number of carbonyl (C=O) groups excluding carboxylic acids is 1. The predicted octanol–water partition coefficient (Wildman–Crippen LogP) is 2.68. The number of benzene rings is 1. The number of hydrogen-bond donors (Lipinski definition) is 0. The smallest absolute Gasteiger partial charge is 0.228 e. The van der Waals surface area contributed by atoms with Crippen molar-refractivity contribution in [2.24, 2.45) is 5.92 Å². The number of rotatable bonds is 4. The number of piperidine rings is 1. The van der Waals surface area contributed by atoms with Crippen molar-refractivity contribution in [2.75, 3.05) is 20.1 Å². The average Bonchev–Trinajstić information content (AvgIpc) is 3.25. The van der Waals surface area contributed by atoms with E-state index < -0.39 is 0 Å². The molecule has 3 fully saturated rings. The Labute approximate surface area is 144 Å². The summed E-state index contributed by atoms with van der Waals surface area (Å²) in [5.41, 5.74) is 1.36. The Morgan fingerprint density at radius 1 is 1.25 bits per heavy atom. The second kappa shape index (κ2) is 6.85. The summed E-state index contributed by atoms with van der Waals surface area (Å²) in [6, 6.07) is 11.0. The van der Waals surface area contributed by atoms with Gasteiger partial charge in [-0.1, -0.05) is 30.3 Å². The van der Waals surface area contributed by atoms with E-state index in [1.165, 1.54) is 12.0 Å². The molecule has 0 unspecified atom stereocenters. The lowest BCUT2D eigenvalue weighted by molar-refractivity contribution is -0.139. The number of hydrogen-bond acceptors (Lipinski definition) is 3. The summed E-state index contributed by atoms with van der Waals surface area (Å²) in [4.78, 5) is 17.5. The number of nitrogens with zero attached hydrogens (tertiary/aromatic N) is 2. The summed E-state index contributed by atoms with van der Waals surface area (Å²) in [7, 11) is 2.00. The van der Waals surface area contributed by atoms with Crippen molar-refractivity contribution in [1.29, 1.82) is 0 Å². The fourth-order valence-corrected chi connectivity index (χ4v) is 4.67. The second-order valence-electron chi connectivity index (χ2n) is 7.68. The monoisotopic (exact) mass is 328 g/mol. The van der Waals surface area contributed by atoms with Gasteiger partial charge in [0.25, 0.3) is 0 Å². The van der Waals surface area contributed by atoms with Crippen LogP contribution < -0.4 is 0 Å². The maximum atomic E-state index is 12.9. The molecule has 4 heteroatoms. The van der Waals surface area contributed by atoms with Crippen molar-refractivity contribution in [3.05, 3.63) is 35.9 Å². The number of amides is 1. The zero-order valence-corrected chi connectivity index (χ0v) is 14.6. The normalized spacial score (nSPS) is 32.9. The van der Waals surface area contributed by atoms with E-state index in [0.717, 1.165) is 45.3 Å². The molecule has 130 valence electrons. The number of likely N-dealkylation sites (tertiary alicyclic amines) is 1. The Bertz CT molecular complexity index is 576. The number of fused-ring (bicyclic) bond motifs is 2. The third kappa shape index (κ3) is 3.22. The highest BCUT2D eigenvalue weighted by molar-refractivity contribution is 5.80. The number of ether oxygens (including phenoxy) is 1. The Morgan fingerprint density at radius 3 is 2.79 bits per heavy atom. The molecule has 1 amide bonds. The van der Waals surface area contributed by atoms with E-state index in [1.807, 2.05) is 11.9 Å². The molecule has 3 aliphatic rings. The molecule has 3 saturated heterocycles. The largest absolute Gasteiger partial charge is 0.374 e. The van der Waals surface area contributed by atoms with Crippen LogP contribution in [0.4, 0.5) is 0 Å². The van der Waals surface area contributed by atoms with Crippen molar-refractivity contribution in [3.63, 3.8) is 0 Å². The third-order valence-corrected chi connectivity index (χ3v) is 6.05. The van der Waals surface area contributed by atoms with Crippen LogP contribution in [-0.2, 0) is 16.1 Å². The molecule has 0 spiro atoms. The van der Waals surface area contributed by atoms with Gasteiger partial charge < -0.3 is 9.64 Å². The molecule has 0 saturated carbocycles. The van der Waals surface area contributed by atoms with Crippen LogP contribution in [0, 0.1) is 5.92 Å². The Kier molecular flexibility index (Phi) is 4.59. The van der Waals surface area contributed by atoms with Gasteiger partial charge in [0.15, 0.2) is 0 Å². The molecule has 4 nitrogen and oxygen atoms in total. The lowest BCUT2D eigenvalue weighted by atomic mass is 9.87. The fourth-order valence-electron chi connectivity index (χ4n) is 4.67. The van der Waals surface area contributed by atoms with Crippen LogP contribution in [0.5, 0.6) is 0 Å². The topological polar surface area (TPSA) is 32.8 Å².